The minimum atomic E-state index is 0.0292. The first-order valence-corrected chi connectivity index (χ1v) is 6.04. The average Bonchev–Trinajstić information content (AvgIpc) is 2.36. The summed E-state index contributed by atoms with van der Waals surface area (Å²) in [5.41, 5.74) is 7.55. The van der Waals surface area contributed by atoms with E-state index in [1.54, 1.807) is 4.90 Å². The van der Waals surface area contributed by atoms with Gasteiger partial charge in [-0.1, -0.05) is 32.9 Å². The van der Waals surface area contributed by atoms with Crippen LogP contribution in [0.15, 0.2) is 24.3 Å². The Bertz CT molecular complexity index is 388. The first-order valence-electron chi connectivity index (χ1n) is 6.04. The molecule has 0 aromatic heterocycles. The molecule has 1 rings (SSSR count). The fraction of sp³-hybridized carbons (Fsp3) is 0.500. The molecule has 0 fully saturated rings. The normalized spacial score (nSPS) is 12.6. The van der Waals surface area contributed by atoms with Gasteiger partial charge in [-0.25, -0.2) is 0 Å². The summed E-state index contributed by atoms with van der Waals surface area (Å²) in [6.07, 6.45) is 0. The van der Waals surface area contributed by atoms with E-state index in [2.05, 4.69) is 13.8 Å². The summed E-state index contributed by atoms with van der Waals surface area (Å²) in [6, 6.07) is 7.80. The lowest BCUT2D eigenvalue weighted by atomic mass is 9.96. The van der Waals surface area contributed by atoms with Crippen LogP contribution in [0.1, 0.15) is 26.3 Å². The van der Waals surface area contributed by atoms with Crippen LogP contribution < -0.4 is 10.6 Å². The topological polar surface area (TPSA) is 46.3 Å². The molecule has 94 valence electrons. The van der Waals surface area contributed by atoms with Gasteiger partial charge in [0.05, 0.1) is 0 Å². The number of hydrogen-bond donors (Lipinski definition) is 1. The highest BCUT2D eigenvalue weighted by Crippen LogP contribution is 2.19. The summed E-state index contributed by atoms with van der Waals surface area (Å²) in [5.74, 6) is 0.526. The Hall–Kier alpha value is -1.35. The smallest absolute Gasteiger partial charge is 0.229 e. The summed E-state index contributed by atoms with van der Waals surface area (Å²) < 4.78 is 0. The molecule has 1 amide bonds. The summed E-state index contributed by atoms with van der Waals surface area (Å²) >= 11 is 0. The van der Waals surface area contributed by atoms with Gasteiger partial charge in [-0.15, -0.1) is 0 Å². The van der Waals surface area contributed by atoms with Gasteiger partial charge in [0.25, 0.3) is 0 Å². The van der Waals surface area contributed by atoms with Crippen molar-refractivity contribution in [2.24, 2.45) is 17.6 Å². The van der Waals surface area contributed by atoms with E-state index in [0.717, 1.165) is 11.3 Å². The molecule has 2 N–H and O–H groups in total. The SMILES string of the molecule is CC(C)C(C)C(=O)N(C)c1cccc(CN)c1. The molecule has 0 saturated heterocycles. The van der Waals surface area contributed by atoms with Gasteiger partial charge in [-0.2, -0.15) is 0 Å². The van der Waals surface area contributed by atoms with E-state index < -0.39 is 0 Å². The third kappa shape index (κ3) is 3.30. The standard InChI is InChI=1S/C14H22N2O/c1-10(2)11(3)14(17)16(4)13-7-5-6-12(8-13)9-15/h5-8,10-11H,9,15H2,1-4H3. The van der Waals surface area contributed by atoms with Crippen molar-refractivity contribution < 1.29 is 4.79 Å². The van der Waals surface area contributed by atoms with Crippen LogP contribution in [0.2, 0.25) is 0 Å². The molecule has 0 aliphatic rings. The maximum absolute atomic E-state index is 12.2. The van der Waals surface area contributed by atoms with Crippen molar-refractivity contribution in [3.05, 3.63) is 29.8 Å². The third-order valence-electron chi connectivity index (χ3n) is 3.25. The van der Waals surface area contributed by atoms with Gasteiger partial charge >= 0.3 is 0 Å². The molecule has 0 heterocycles. The fourth-order valence-corrected chi connectivity index (χ4v) is 1.61. The van der Waals surface area contributed by atoms with Gasteiger partial charge in [-0.05, 0) is 23.6 Å². The maximum Gasteiger partial charge on any atom is 0.229 e. The second-order valence-corrected chi connectivity index (χ2v) is 4.80. The molecule has 1 atom stereocenters. The van der Waals surface area contributed by atoms with E-state index in [1.807, 2.05) is 38.2 Å². The summed E-state index contributed by atoms with van der Waals surface area (Å²) in [5, 5.41) is 0. The number of carbonyl (C=O) groups is 1. The number of nitrogens with two attached hydrogens (primary N) is 1. The number of benzene rings is 1. The lowest BCUT2D eigenvalue weighted by Crippen LogP contribution is -2.33. The molecule has 0 aliphatic heterocycles. The van der Waals surface area contributed by atoms with E-state index in [-0.39, 0.29) is 11.8 Å². The van der Waals surface area contributed by atoms with Crippen molar-refractivity contribution in [1.29, 1.82) is 0 Å². The molecule has 1 aromatic carbocycles. The van der Waals surface area contributed by atoms with Crippen molar-refractivity contribution in [3.8, 4) is 0 Å². The van der Waals surface area contributed by atoms with Gasteiger partial charge in [0.2, 0.25) is 5.91 Å². The predicted octanol–water partition coefficient (Wildman–Crippen LogP) is 2.40. The molecule has 0 saturated carbocycles. The zero-order valence-corrected chi connectivity index (χ0v) is 11.1. The zero-order chi connectivity index (χ0) is 13.0. The van der Waals surface area contributed by atoms with Crippen LogP contribution in [0.4, 0.5) is 5.69 Å². The van der Waals surface area contributed by atoms with Gasteiger partial charge in [0, 0.05) is 25.2 Å². The van der Waals surface area contributed by atoms with E-state index >= 15 is 0 Å². The average molecular weight is 234 g/mol. The molecule has 3 heteroatoms. The predicted molar refractivity (Wildman–Crippen MR) is 71.7 cm³/mol. The Morgan fingerprint density at radius 2 is 2.00 bits per heavy atom. The quantitative estimate of drug-likeness (QED) is 0.869. The Morgan fingerprint density at radius 3 is 2.53 bits per heavy atom. The Balaban J connectivity index is 2.88. The highest BCUT2D eigenvalue weighted by atomic mass is 16.2. The molecule has 0 spiro atoms. The van der Waals surface area contributed by atoms with Crippen LogP contribution in [-0.4, -0.2) is 13.0 Å². The van der Waals surface area contributed by atoms with Gasteiger partial charge < -0.3 is 10.6 Å². The lowest BCUT2D eigenvalue weighted by Gasteiger charge is -2.24. The molecule has 3 nitrogen and oxygen atoms in total. The molecule has 0 bridgehead atoms. The van der Waals surface area contributed by atoms with Crippen molar-refractivity contribution in [2.45, 2.75) is 27.3 Å². The van der Waals surface area contributed by atoms with Crippen LogP contribution in [0.3, 0.4) is 0 Å². The Kier molecular flexibility index (Phi) is 4.70. The second-order valence-electron chi connectivity index (χ2n) is 4.80. The number of nitrogens with zero attached hydrogens (tertiary/aromatic N) is 1. The highest BCUT2D eigenvalue weighted by molar-refractivity contribution is 5.94. The van der Waals surface area contributed by atoms with Gasteiger partial charge in [-0.3, -0.25) is 4.79 Å². The monoisotopic (exact) mass is 234 g/mol. The van der Waals surface area contributed by atoms with Gasteiger partial charge in [0.1, 0.15) is 0 Å². The van der Waals surface area contributed by atoms with Crippen LogP contribution in [0, 0.1) is 11.8 Å². The zero-order valence-electron chi connectivity index (χ0n) is 11.1. The molecule has 1 aromatic rings. The first kappa shape index (κ1) is 13.7. The fourth-order valence-electron chi connectivity index (χ4n) is 1.61. The van der Waals surface area contributed by atoms with Crippen LogP contribution in [0.25, 0.3) is 0 Å². The summed E-state index contributed by atoms with van der Waals surface area (Å²) in [4.78, 5) is 13.9. The van der Waals surface area contributed by atoms with Gasteiger partial charge in [0.15, 0.2) is 0 Å². The summed E-state index contributed by atoms with van der Waals surface area (Å²) in [7, 11) is 1.82. The molecule has 1 unspecified atom stereocenters. The highest BCUT2D eigenvalue weighted by Gasteiger charge is 2.21. The molecule has 0 radical (unpaired) electrons. The minimum Gasteiger partial charge on any atom is -0.326 e. The van der Waals surface area contributed by atoms with Crippen molar-refractivity contribution in [3.63, 3.8) is 0 Å². The molecular formula is C14H22N2O. The first-order chi connectivity index (χ1) is 7.97. The van der Waals surface area contributed by atoms with E-state index in [0.29, 0.717) is 12.5 Å². The number of hydrogen-bond acceptors (Lipinski definition) is 2. The van der Waals surface area contributed by atoms with E-state index in [9.17, 15) is 4.79 Å². The number of anilines is 1. The molecule has 0 aliphatic carbocycles. The largest absolute Gasteiger partial charge is 0.326 e. The number of amides is 1. The second kappa shape index (κ2) is 5.82. The lowest BCUT2D eigenvalue weighted by molar-refractivity contribution is -0.122. The maximum atomic E-state index is 12.2. The Morgan fingerprint density at radius 1 is 1.35 bits per heavy atom. The van der Waals surface area contributed by atoms with Crippen molar-refractivity contribution >= 4 is 11.6 Å². The van der Waals surface area contributed by atoms with Crippen molar-refractivity contribution in [2.75, 3.05) is 11.9 Å². The molecule has 17 heavy (non-hydrogen) atoms. The van der Waals surface area contributed by atoms with Crippen LogP contribution >= 0.6 is 0 Å². The van der Waals surface area contributed by atoms with E-state index in [4.69, 9.17) is 5.73 Å². The Labute approximate surface area is 104 Å². The minimum absolute atomic E-state index is 0.0292. The van der Waals surface area contributed by atoms with Crippen LogP contribution in [0.5, 0.6) is 0 Å². The third-order valence-corrected chi connectivity index (χ3v) is 3.25. The van der Waals surface area contributed by atoms with Crippen molar-refractivity contribution in [1.82, 2.24) is 0 Å². The van der Waals surface area contributed by atoms with E-state index in [1.165, 1.54) is 0 Å². The molecular weight excluding hydrogens is 212 g/mol. The number of carbonyl (C=O) groups excluding carboxylic acids is 1. The number of rotatable bonds is 4. The van der Waals surface area contributed by atoms with Crippen LogP contribution in [-0.2, 0) is 11.3 Å². The summed E-state index contributed by atoms with van der Waals surface area (Å²) in [6.45, 7) is 6.59.